The van der Waals surface area contributed by atoms with Gasteiger partial charge >= 0.3 is 0 Å². The molecule has 0 N–H and O–H groups in total. The molecule has 1 rings (SSSR count). The number of carbonyl (C=O) groups excluding carboxylic acids is 1. The molecule has 0 saturated carbocycles. The van der Waals surface area contributed by atoms with Crippen LogP contribution in [0, 0.1) is 0 Å². The molecule has 0 bridgehead atoms. The molecule has 0 aliphatic carbocycles. The topological polar surface area (TPSA) is 20.3 Å². The molecule has 1 fully saturated rings. The molecular weight excluding hydrogens is 232 g/mol. The molecule has 0 spiro atoms. The second kappa shape index (κ2) is 4.16. The van der Waals surface area contributed by atoms with E-state index in [1.807, 2.05) is 0 Å². The number of halogens is 3. The summed E-state index contributed by atoms with van der Waals surface area (Å²) in [4.78, 5) is 12.2. The molecule has 0 aromatic rings. The first-order chi connectivity index (χ1) is 5.61. The summed E-state index contributed by atoms with van der Waals surface area (Å²) in [6.07, 6.45) is -0.876. The molecule has 1 aliphatic rings. The van der Waals surface area contributed by atoms with Crippen LogP contribution >= 0.6 is 15.9 Å². The van der Waals surface area contributed by atoms with Crippen molar-refractivity contribution in [1.82, 2.24) is 4.90 Å². The van der Waals surface area contributed by atoms with Gasteiger partial charge < -0.3 is 4.90 Å². The summed E-state index contributed by atoms with van der Waals surface area (Å²) in [7, 11) is 0. The normalized spacial score (nSPS) is 25.2. The van der Waals surface area contributed by atoms with Gasteiger partial charge in [-0.2, -0.15) is 0 Å². The summed E-state index contributed by atoms with van der Waals surface area (Å²) < 4.78 is 23.8. The molecule has 5 heteroatoms. The van der Waals surface area contributed by atoms with Crippen LogP contribution in [-0.4, -0.2) is 35.1 Å². The number of piperidine rings is 1. The van der Waals surface area contributed by atoms with Gasteiger partial charge in [0.2, 0.25) is 5.91 Å². The van der Waals surface area contributed by atoms with Gasteiger partial charge in [0.15, 0.2) is 0 Å². The van der Waals surface area contributed by atoms with E-state index in [4.69, 9.17) is 0 Å². The predicted octanol–water partition coefficient (Wildman–Crippen LogP) is 1.64. The molecule has 1 aliphatic heterocycles. The summed E-state index contributed by atoms with van der Waals surface area (Å²) in [5.41, 5.74) is 0. The largest absolute Gasteiger partial charge is 0.336 e. The zero-order chi connectivity index (χ0) is 9.14. The number of carbonyl (C=O) groups is 1. The highest BCUT2D eigenvalue weighted by Crippen LogP contribution is 2.18. The predicted molar refractivity (Wildman–Crippen MR) is 44.5 cm³/mol. The number of hydrogen-bond donors (Lipinski definition) is 0. The standard InChI is InChI=1S/C7H10BrF2NO/c8-5-2-1-3-11(7(5)12)4-6(9)10/h5-6H,1-4H2. The van der Waals surface area contributed by atoms with Gasteiger partial charge in [0, 0.05) is 6.54 Å². The number of rotatable bonds is 2. The van der Waals surface area contributed by atoms with Gasteiger partial charge in [-0.3, -0.25) is 4.79 Å². The average molecular weight is 242 g/mol. The third-order valence-electron chi connectivity index (χ3n) is 1.82. The fourth-order valence-electron chi connectivity index (χ4n) is 1.24. The van der Waals surface area contributed by atoms with E-state index in [0.29, 0.717) is 6.54 Å². The van der Waals surface area contributed by atoms with Crippen LogP contribution in [0.4, 0.5) is 8.78 Å². The van der Waals surface area contributed by atoms with E-state index >= 15 is 0 Å². The van der Waals surface area contributed by atoms with Crippen molar-refractivity contribution in [3.8, 4) is 0 Å². The minimum atomic E-state index is -2.42. The lowest BCUT2D eigenvalue weighted by atomic mass is 10.1. The molecule has 1 atom stereocenters. The molecule has 0 radical (unpaired) electrons. The number of nitrogens with zero attached hydrogens (tertiary/aromatic N) is 1. The van der Waals surface area contributed by atoms with E-state index in [1.54, 1.807) is 0 Å². The molecule has 0 aromatic carbocycles. The van der Waals surface area contributed by atoms with Crippen molar-refractivity contribution < 1.29 is 13.6 Å². The Bertz CT molecular complexity index is 177. The van der Waals surface area contributed by atoms with Gasteiger partial charge in [-0.15, -0.1) is 0 Å². The van der Waals surface area contributed by atoms with E-state index in [9.17, 15) is 13.6 Å². The fourth-order valence-corrected chi connectivity index (χ4v) is 1.85. The lowest BCUT2D eigenvalue weighted by Crippen LogP contribution is -2.43. The molecule has 1 unspecified atom stereocenters. The lowest BCUT2D eigenvalue weighted by molar-refractivity contribution is -0.134. The Hall–Kier alpha value is -0.190. The maximum Gasteiger partial charge on any atom is 0.255 e. The van der Waals surface area contributed by atoms with Gasteiger partial charge in [0.1, 0.15) is 0 Å². The van der Waals surface area contributed by atoms with Gasteiger partial charge in [-0.25, -0.2) is 8.78 Å². The van der Waals surface area contributed by atoms with Gasteiger partial charge in [-0.05, 0) is 12.8 Å². The van der Waals surface area contributed by atoms with Crippen LogP contribution in [-0.2, 0) is 4.79 Å². The summed E-state index contributed by atoms with van der Waals surface area (Å²) >= 11 is 3.15. The maximum atomic E-state index is 11.9. The number of alkyl halides is 3. The fraction of sp³-hybridized carbons (Fsp3) is 0.857. The highest BCUT2D eigenvalue weighted by atomic mass is 79.9. The van der Waals surface area contributed by atoms with Crippen LogP contribution < -0.4 is 0 Å². The smallest absolute Gasteiger partial charge is 0.255 e. The summed E-state index contributed by atoms with van der Waals surface area (Å²) in [5.74, 6) is -0.207. The Morgan fingerprint density at radius 2 is 2.33 bits per heavy atom. The van der Waals surface area contributed by atoms with Crippen molar-refractivity contribution in [3.05, 3.63) is 0 Å². The number of hydrogen-bond acceptors (Lipinski definition) is 1. The Morgan fingerprint density at radius 3 is 2.92 bits per heavy atom. The first kappa shape index (κ1) is 9.89. The molecule has 12 heavy (non-hydrogen) atoms. The summed E-state index contributed by atoms with van der Waals surface area (Å²) in [6.45, 7) is 0.0339. The second-order valence-electron chi connectivity index (χ2n) is 2.79. The Labute approximate surface area is 78.0 Å². The monoisotopic (exact) mass is 241 g/mol. The second-order valence-corrected chi connectivity index (χ2v) is 3.89. The van der Waals surface area contributed by atoms with Crippen LogP contribution in [0.25, 0.3) is 0 Å². The molecule has 1 saturated heterocycles. The summed E-state index contributed by atoms with van der Waals surface area (Å²) in [6, 6.07) is 0. The quantitative estimate of drug-likeness (QED) is 0.674. The van der Waals surface area contributed by atoms with E-state index in [0.717, 1.165) is 12.8 Å². The van der Waals surface area contributed by atoms with Crippen molar-refractivity contribution in [2.75, 3.05) is 13.1 Å². The molecule has 1 amide bonds. The van der Waals surface area contributed by atoms with Gasteiger partial charge in [0.25, 0.3) is 6.43 Å². The Kier molecular flexibility index (Phi) is 3.43. The average Bonchev–Trinajstić information content (AvgIpc) is 1.98. The lowest BCUT2D eigenvalue weighted by Gasteiger charge is -2.29. The first-order valence-electron chi connectivity index (χ1n) is 3.82. The van der Waals surface area contributed by atoms with Crippen LogP contribution in [0.2, 0.25) is 0 Å². The van der Waals surface area contributed by atoms with Crippen LogP contribution in [0.3, 0.4) is 0 Å². The molecule has 70 valence electrons. The molecular formula is C7H10BrF2NO. The Morgan fingerprint density at radius 1 is 1.67 bits per heavy atom. The third-order valence-corrected chi connectivity index (χ3v) is 2.67. The van der Waals surface area contributed by atoms with Crippen LogP contribution in [0.15, 0.2) is 0 Å². The number of likely N-dealkylation sites (tertiary alicyclic amines) is 1. The van der Waals surface area contributed by atoms with E-state index < -0.39 is 13.0 Å². The first-order valence-corrected chi connectivity index (χ1v) is 4.74. The van der Waals surface area contributed by atoms with Crippen molar-refractivity contribution in [3.63, 3.8) is 0 Å². The highest BCUT2D eigenvalue weighted by molar-refractivity contribution is 9.10. The third kappa shape index (κ3) is 2.40. The zero-order valence-electron chi connectivity index (χ0n) is 6.47. The van der Waals surface area contributed by atoms with E-state index in [1.165, 1.54) is 4.90 Å². The minimum absolute atomic E-state index is 0.207. The van der Waals surface area contributed by atoms with Gasteiger partial charge in [-0.1, -0.05) is 15.9 Å². The summed E-state index contributed by atoms with van der Waals surface area (Å²) in [5, 5.41) is 0. The van der Waals surface area contributed by atoms with Crippen molar-refractivity contribution in [1.29, 1.82) is 0 Å². The Balaban J connectivity index is 2.46. The van der Waals surface area contributed by atoms with Crippen molar-refractivity contribution in [2.24, 2.45) is 0 Å². The molecule has 0 aromatic heterocycles. The van der Waals surface area contributed by atoms with Crippen LogP contribution in [0.5, 0.6) is 0 Å². The highest BCUT2D eigenvalue weighted by Gasteiger charge is 2.27. The van der Waals surface area contributed by atoms with Gasteiger partial charge in [0.05, 0.1) is 11.4 Å². The van der Waals surface area contributed by atoms with Crippen molar-refractivity contribution in [2.45, 2.75) is 24.1 Å². The molecule has 2 nitrogen and oxygen atoms in total. The maximum absolute atomic E-state index is 11.9. The molecule has 1 heterocycles. The van der Waals surface area contributed by atoms with Crippen LogP contribution in [0.1, 0.15) is 12.8 Å². The van der Waals surface area contributed by atoms with E-state index in [-0.39, 0.29) is 10.7 Å². The van der Waals surface area contributed by atoms with Crippen molar-refractivity contribution >= 4 is 21.8 Å². The van der Waals surface area contributed by atoms with E-state index in [2.05, 4.69) is 15.9 Å². The minimum Gasteiger partial charge on any atom is -0.336 e. The SMILES string of the molecule is O=C1C(Br)CCCN1CC(F)F. The zero-order valence-corrected chi connectivity index (χ0v) is 8.06. The number of amides is 1.